The van der Waals surface area contributed by atoms with Gasteiger partial charge in [0.25, 0.3) is 10.1 Å². The lowest BCUT2D eigenvalue weighted by atomic mass is 10.1. The van der Waals surface area contributed by atoms with Crippen LogP contribution in [-0.2, 0) is 16.7 Å². The van der Waals surface area contributed by atoms with Crippen LogP contribution in [0.3, 0.4) is 0 Å². The van der Waals surface area contributed by atoms with Gasteiger partial charge in [0.2, 0.25) is 0 Å². The number of fused-ring (bicyclic) bond motifs is 1. The van der Waals surface area contributed by atoms with Gasteiger partial charge in [-0.1, -0.05) is 30.3 Å². The van der Waals surface area contributed by atoms with Crippen molar-refractivity contribution in [1.82, 2.24) is 0 Å². The van der Waals surface area contributed by atoms with E-state index in [1.54, 1.807) is 31.2 Å². The number of azo groups is 3. The van der Waals surface area contributed by atoms with E-state index in [0.29, 0.717) is 51.7 Å². The van der Waals surface area contributed by atoms with E-state index in [1.807, 2.05) is 74.5 Å². The third-order valence-corrected chi connectivity index (χ3v) is 9.30. The summed E-state index contributed by atoms with van der Waals surface area (Å²) in [5.41, 5.74) is 13.2. The molecular formula is C39H36N8O5S. The van der Waals surface area contributed by atoms with E-state index < -0.39 is 10.1 Å². The number of benzene rings is 6. The molecule has 5 N–H and O–H groups in total. The molecule has 0 amide bonds. The van der Waals surface area contributed by atoms with E-state index >= 15 is 0 Å². The highest BCUT2D eigenvalue weighted by atomic mass is 32.2. The van der Waals surface area contributed by atoms with Gasteiger partial charge in [0.15, 0.2) is 5.75 Å². The quantitative estimate of drug-likeness (QED) is 0.0578. The average Bonchev–Trinajstić information content (AvgIpc) is 3.14. The molecule has 0 aliphatic rings. The molecule has 6 rings (SSSR count). The number of methoxy groups -OCH3 is 1. The molecular weight excluding hydrogens is 693 g/mol. The number of anilines is 2. The number of nitrogen functional groups attached to an aromatic ring is 1. The number of aromatic hydroxyl groups is 1. The number of phenols is 1. The number of hydrogen-bond acceptors (Lipinski definition) is 12. The van der Waals surface area contributed by atoms with Crippen LogP contribution in [0.25, 0.3) is 10.8 Å². The molecule has 268 valence electrons. The number of hydrogen-bond donors (Lipinski definition) is 4. The van der Waals surface area contributed by atoms with Gasteiger partial charge < -0.3 is 20.9 Å². The van der Waals surface area contributed by atoms with Crippen molar-refractivity contribution in [2.75, 3.05) is 18.2 Å². The number of nitrogens with zero attached hydrogens (tertiary/aromatic N) is 6. The molecule has 0 aliphatic carbocycles. The Morgan fingerprint density at radius 3 is 1.87 bits per heavy atom. The summed E-state index contributed by atoms with van der Waals surface area (Å²) in [5.74, 6) is 0.410. The molecule has 14 heteroatoms. The predicted octanol–water partition coefficient (Wildman–Crippen LogP) is 11.2. The van der Waals surface area contributed by atoms with E-state index in [9.17, 15) is 18.1 Å². The van der Waals surface area contributed by atoms with Crippen LogP contribution in [-0.4, -0.2) is 25.2 Å². The van der Waals surface area contributed by atoms with Gasteiger partial charge in [-0.25, -0.2) is 0 Å². The lowest BCUT2D eigenvalue weighted by molar-refractivity contribution is 0.416. The number of nitrogens with one attached hydrogen (secondary N) is 1. The van der Waals surface area contributed by atoms with Crippen LogP contribution in [0.4, 0.5) is 45.5 Å². The molecule has 0 atom stereocenters. The fourth-order valence-electron chi connectivity index (χ4n) is 5.43. The summed E-state index contributed by atoms with van der Waals surface area (Å²) in [7, 11) is -2.99. The highest BCUT2D eigenvalue weighted by Gasteiger charge is 2.15. The van der Waals surface area contributed by atoms with Crippen LogP contribution in [0.5, 0.6) is 11.5 Å². The van der Waals surface area contributed by atoms with Gasteiger partial charge in [0.05, 0.1) is 24.2 Å². The zero-order valence-corrected chi connectivity index (χ0v) is 30.1. The summed E-state index contributed by atoms with van der Waals surface area (Å²) in [6.45, 7) is 6.20. The van der Waals surface area contributed by atoms with Crippen LogP contribution in [0.1, 0.15) is 22.3 Å². The van der Waals surface area contributed by atoms with Crippen LogP contribution >= 0.6 is 0 Å². The van der Waals surface area contributed by atoms with Crippen molar-refractivity contribution in [3.05, 3.63) is 125 Å². The first kappa shape index (κ1) is 36.3. The van der Waals surface area contributed by atoms with E-state index in [2.05, 4.69) is 36.0 Å². The summed E-state index contributed by atoms with van der Waals surface area (Å²) in [5, 5.41) is 41.9. The highest BCUT2D eigenvalue weighted by molar-refractivity contribution is 7.86. The molecule has 0 spiro atoms. The maximum absolute atomic E-state index is 11.7. The number of nitrogens with two attached hydrogens (primary N) is 1. The zero-order chi connectivity index (χ0) is 37.7. The second-order valence-corrected chi connectivity index (χ2v) is 13.6. The minimum absolute atomic E-state index is 0.00566. The number of aryl methyl sites for hydroxylation is 3. The van der Waals surface area contributed by atoms with Crippen molar-refractivity contribution >= 4 is 66.4 Å². The van der Waals surface area contributed by atoms with E-state index in [-0.39, 0.29) is 16.3 Å². The van der Waals surface area contributed by atoms with Gasteiger partial charge in [-0.2, -0.15) is 23.8 Å². The zero-order valence-electron chi connectivity index (χ0n) is 29.3. The second kappa shape index (κ2) is 15.4. The van der Waals surface area contributed by atoms with Crippen LogP contribution in [0, 0.1) is 20.8 Å². The Morgan fingerprint density at radius 1 is 0.660 bits per heavy atom. The normalized spacial score (nSPS) is 12.0. The van der Waals surface area contributed by atoms with Gasteiger partial charge >= 0.3 is 0 Å². The molecule has 6 aromatic carbocycles. The molecule has 53 heavy (non-hydrogen) atoms. The van der Waals surface area contributed by atoms with Gasteiger partial charge in [0.1, 0.15) is 27.7 Å². The molecule has 13 nitrogen and oxygen atoms in total. The molecule has 0 bridgehead atoms. The number of ether oxygens (including phenoxy) is 1. The van der Waals surface area contributed by atoms with Gasteiger partial charge in [0, 0.05) is 29.4 Å². The molecule has 0 saturated heterocycles. The number of rotatable bonds is 11. The second-order valence-electron chi connectivity index (χ2n) is 12.2. The Kier molecular flexibility index (Phi) is 10.5. The maximum atomic E-state index is 11.7. The summed E-state index contributed by atoms with van der Waals surface area (Å²) in [6.07, 6.45) is 0. The average molecular weight is 729 g/mol. The fraction of sp³-hybridized carbons (Fsp3) is 0.128. The Labute approximate surface area is 306 Å². The molecule has 0 aliphatic heterocycles. The highest BCUT2D eigenvalue weighted by Crippen LogP contribution is 2.40. The Bertz CT molecular complexity index is 2540. The fourth-order valence-corrected chi connectivity index (χ4v) is 6.05. The lowest BCUT2D eigenvalue weighted by Crippen LogP contribution is -1.99. The minimum Gasteiger partial charge on any atom is -0.505 e. The van der Waals surface area contributed by atoms with E-state index in [4.69, 9.17) is 10.5 Å². The van der Waals surface area contributed by atoms with Crippen LogP contribution in [0.15, 0.2) is 139 Å². The molecule has 0 heterocycles. The third kappa shape index (κ3) is 8.52. The van der Waals surface area contributed by atoms with E-state index in [1.165, 1.54) is 25.3 Å². The van der Waals surface area contributed by atoms with Crippen molar-refractivity contribution < 1.29 is 22.8 Å². The first-order chi connectivity index (χ1) is 25.4. The van der Waals surface area contributed by atoms with Crippen molar-refractivity contribution in [3.63, 3.8) is 0 Å². The molecule has 6 aromatic rings. The lowest BCUT2D eigenvalue weighted by Gasteiger charge is -2.10. The van der Waals surface area contributed by atoms with Crippen LogP contribution in [0.2, 0.25) is 0 Å². The standard InChI is InChI=1S/C39H36N8O5S/c1-23-18-34(45-47-36-19-25(3)35(21-37(36)52-4)46-42-31-7-5-6-8-38(31)53(49,50)51)24(2)17-33(23)44-43-32-16-11-27-20-29(14-15-30(27)39(32)48)41-22-26-9-12-28(40)13-10-26/h5-21,41,48H,22,40H2,1-4H3,(H,49,50,51). The molecule has 0 unspecified atom stereocenters. The summed E-state index contributed by atoms with van der Waals surface area (Å²) in [6, 6.07) is 29.9. The monoisotopic (exact) mass is 728 g/mol. The number of phenolic OH excluding ortho intramolecular Hbond substituents is 1. The Hall–Kier alpha value is -6.51. The van der Waals surface area contributed by atoms with Crippen molar-refractivity contribution in [2.24, 2.45) is 30.7 Å². The Morgan fingerprint density at radius 2 is 1.23 bits per heavy atom. The van der Waals surface area contributed by atoms with Crippen molar-refractivity contribution in [2.45, 2.75) is 32.2 Å². The predicted molar refractivity (Wildman–Crippen MR) is 206 cm³/mol. The first-order valence-electron chi connectivity index (χ1n) is 16.4. The van der Waals surface area contributed by atoms with Gasteiger partial charge in [-0.15, -0.1) is 15.3 Å². The topological polar surface area (TPSA) is 196 Å². The van der Waals surface area contributed by atoms with Crippen molar-refractivity contribution in [1.29, 1.82) is 0 Å². The third-order valence-electron chi connectivity index (χ3n) is 8.40. The SMILES string of the molecule is COc1cc(N=Nc2ccccc2S(=O)(=O)O)c(C)cc1N=Nc1cc(C)c(N=Nc2ccc3cc(NCc4ccc(N)cc4)ccc3c2O)cc1C. The first-order valence-corrected chi connectivity index (χ1v) is 17.8. The van der Waals surface area contributed by atoms with Gasteiger partial charge in [-0.05, 0) is 115 Å². The largest absolute Gasteiger partial charge is 0.505 e. The summed E-state index contributed by atoms with van der Waals surface area (Å²) < 4.78 is 38.5. The molecule has 0 fully saturated rings. The molecule has 0 aromatic heterocycles. The van der Waals surface area contributed by atoms with Crippen molar-refractivity contribution in [3.8, 4) is 11.5 Å². The summed E-state index contributed by atoms with van der Waals surface area (Å²) >= 11 is 0. The Balaban J connectivity index is 1.17. The minimum atomic E-state index is -4.48. The summed E-state index contributed by atoms with van der Waals surface area (Å²) in [4.78, 5) is -0.349. The molecule has 0 radical (unpaired) electrons. The maximum Gasteiger partial charge on any atom is 0.296 e. The van der Waals surface area contributed by atoms with Gasteiger partial charge in [-0.3, -0.25) is 4.55 Å². The van der Waals surface area contributed by atoms with Crippen LogP contribution < -0.4 is 15.8 Å². The molecule has 0 saturated carbocycles. The van der Waals surface area contributed by atoms with E-state index in [0.717, 1.165) is 33.5 Å². The smallest absolute Gasteiger partial charge is 0.296 e.